The summed E-state index contributed by atoms with van der Waals surface area (Å²) in [5.41, 5.74) is 1.89. The Hall–Kier alpha value is 0.0700. The molecule has 0 aromatic carbocycles. The first-order valence-corrected chi connectivity index (χ1v) is 6.36. The first-order chi connectivity index (χ1) is 6.23. The number of thiazole rings is 1. The van der Waals surface area contributed by atoms with E-state index in [-0.39, 0.29) is 11.7 Å². The molecule has 0 N–H and O–H groups in total. The molecule has 2 atom stereocenters. The van der Waals surface area contributed by atoms with Crippen molar-refractivity contribution in [2.45, 2.75) is 31.5 Å². The lowest BCUT2D eigenvalue weighted by Gasteiger charge is -2.21. The van der Waals surface area contributed by atoms with Gasteiger partial charge in [0.25, 0.3) is 0 Å². The maximum atomic E-state index is 5.97. The number of aromatic nitrogens is 1. The van der Waals surface area contributed by atoms with Crippen LogP contribution < -0.4 is 0 Å². The van der Waals surface area contributed by atoms with E-state index < -0.39 is 0 Å². The van der Waals surface area contributed by atoms with E-state index in [0.29, 0.717) is 0 Å². The summed E-state index contributed by atoms with van der Waals surface area (Å²) in [5.74, 6) is 0. The van der Waals surface area contributed by atoms with Crippen LogP contribution in [0.15, 0.2) is 11.7 Å². The maximum Gasteiger partial charge on any atom is 0.0941 e. The Morgan fingerprint density at radius 3 is 3.23 bits per heavy atom. The van der Waals surface area contributed by atoms with Crippen molar-refractivity contribution in [2.75, 3.05) is 5.33 Å². The Morgan fingerprint density at radius 2 is 2.69 bits per heavy atom. The summed E-state index contributed by atoms with van der Waals surface area (Å²) in [4.78, 5) is 5.32. The van der Waals surface area contributed by atoms with Crippen LogP contribution in [0.3, 0.4) is 0 Å². The highest BCUT2D eigenvalue weighted by Crippen LogP contribution is 2.41. The van der Waals surface area contributed by atoms with Gasteiger partial charge >= 0.3 is 0 Å². The van der Waals surface area contributed by atoms with Crippen LogP contribution in [0, 0.1) is 0 Å². The van der Waals surface area contributed by atoms with Crippen LogP contribution in [-0.2, 0) is 4.74 Å². The monoisotopic (exact) mass is 261 g/mol. The topological polar surface area (TPSA) is 22.1 Å². The molecule has 2 unspecified atom stereocenters. The molecule has 0 spiro atoms. The van der Waals surface area contributed by atoms with Crippen molar-refractivity contribution in [3.05, 3.63) is 16.6 Å². The van der Waals surface area contributed by atoms with Gasteiger partial charge in [-0.15, -0.1) is 11.3 Å². The molecule has 4 heteroatoms. The molecule has 72 valence electrons. The average Bonchev–Trinajstić information content (AvgIpc) is 2.73. The number of hydrogen-bond donors (Lipinski definition) is 0. The third-order valence-corrected chi connectivity index (χ3v) is 4.47. The first-order valence-electron chi connectivity index (χ1n) is 4.36. The molecule has 13 heavy (non-hydrogen) atoms. The van der Waals surface area contributed by atoms with Gasteiger partial charge in [-0.05, 0) is 19.8 Å². The van der Waals surface area contributed by atoms with Crippen molar-refractivity contribution in [3.63, 3.8) is 0 Å². The second kappa shape index (κ2) is 3.67. The fourth-order valence-electron chi connectivity index (χ4n) is 1.58. The minimum Gasteiger partial charge on any atom is -0.366 e. The fourth-order valence-corrected chi connectivity index (χ4v) is 2.68. The SMILES string of the molecule is CC1(CBr)CCC(c2cncs2)O1. The van der Waals surface area contributed by atoms with E-state index in [9.17, 15) is 0 Å². The molecule has 0 saturated carbocycles. The van der Waals surface area contributed by atoms with E-state index >= 15 is 0 Å². The lowest BCUT2D eigenvalue weighted by atomic mass is 10.1. The number of hydrogen-bond acceptors (Lipinski definition) is 3. The number of alkyl halides is 1. The normalized spacial score (nSPS) is 33.8. The molecular weight excluding hydrogens is 250 g/mol. The molecular formula is C9H12BrNOS. The molecule has 1 aliphatic heterocycles. The van der Waals surface area contributed by atoms with E-state index in [4.69, 9.17) is 4.74 Å². The van der Waals surface area contributed by atoms with E-state index in [2.05, 4.69) is 27.8 Å². The Bertz CT molecular complexity index is 277. The van der Waals surface area contributed by atoms with Gasteiger partial charge in [0.15, 0.2) is 0 Å². The molecule has 0 bridgehead atoms. The van der Waals surface area contributed by atoms with E-state index in [1.165, 1.54) is 4.88 Å². The smallest absolute Gasteiger partial charge is 0.0941 e. The van der Waals surface area contributed by atoms with Gasteiger partial charge in [0, 0.05) is 11.5 Å². The summed E-state index contributed by atoms with van der Waals surface area (Å²) in [6.07, 6.45) is 4.43. The van der Waals surface area contributed by atoms with Gasteiger partial charge in [0.05, 0.1) is 22.1 Å². The van der Waals surface area contributed by atoms with Gasteiger partial charge in [-0.1, -0.05) is 15.9 Å². The molecule has 0 aliphatic carbocycles. The van der Waals surface area contributed by atoms with Crippen LogP contribution in [0.4, 0.5) is 0 Å². The van der Waals surface area contributed by atoms with Gasteiger partial charge in [-0.2, -0.15) is 0 Å². The second-order valence-corrected chi connectivity index (χ2v) is 5.11. The standard InChI is InChI=1S/C9H12BrNOS/c1-9(5-10)3-2-7(12-9)8-4-11-6-13-8/h4,6-7H,2-3,5H2,1H3. The summed E-state index contributed by atoms with van der Waals surface area (Å²) in [6, 6.07) is 0. The van der Waals surface area contributed by atoms with Gasteiger partial charge in [0.2, 0.25) is 0 Å². The number of halogens is 1. The maximum absolute atomic E-state index is 5.97. The van der Waals surface area contributed by atoms with Crippen molar-refractivity contribution in [1.82, 2.24) is 4.98 Å². The molecule has 2 nitrogen and oxygen atoms in total. The number of ether oxygens (including phenoxy) is 1. The van der Waals surface area contributed by atoms with E-state index in [0.717, 1.165) is 18.2 Å². The minimum absolute atomic E-state index is 0.0225. The molecule has 1 fully saturated rings. The number of rotatable bonds is 2. The predicted molar refractivity (Wildman–Crippen MR) is 57.4 cm³/mol. The van der Waals surface area contributed by atoms with Crippen LogP contribution in [0.5, 0.6) is 0 Å². The Morgan fingerprint density at radius 1 is 1.85 bits per heavy atom. The molecule has 2 heterocycles. The molecule has 1 aromatic heterocycles. The summed E-state index contributed by atoms with van der Waals surface area (Å²) < 4.78 is 5.97. The Kier molecular flexibility index (Phi) is 2.72. The Labute approximate surface area is 90.5 Å². The predicted octanol–water partition coefficient (Wildman–Crippen LogP) is 3.15. The van der Waals surface area contributed by atoms with Gasteiger partial charge in [-0.3, -0.25) is 4.98 Å². The highest BCUT2D eigenvalue weighted by Gasteiger charge is 2.36. The first kappa shape index (κ1) is 9.62. The summed E-state index contributed by atoms with van der Waals surface area (Å²) in [6.45, 7) is 2.16. The van der Waals surface area contributed by atoms with E-state index in [1.54, 1.807) is 11.3 Å². The molecule has 0 amide bonds. The van der Waals surface area contributed by atoms with Gasteiger partial charge < -0.3 is 4.74 Å². The Balaban J connectivity index is 2.07. The summed E-state index contributed by atoms with van der Waals surface area (Å²) in [5, 5.41) is 0.912. The third-order valence-electron chi connectivity index (χ3n) is 2.41. The zero-order chi connectivity index (χ0) is 9.31. The zero-order valence-electron chi connectivity index (χ0n) is 7.50. The molecule has 2 rings (SSSR count). The number of nitrogens with zero attached hydrogens (tertiary/aromatic N) is 1. The summed E-state index contributed by atoms with van der Waals surface area (Å²) in [7, 11) is 0. The fraction of sp³-hybridized carbons (Fsp3) is 0.667. The van der Waals surface area contributed by atoms with Crippen molar-refractivity contribution in [2.24, 2.45) is 0 Å². The molecule has 1 aromatic rings. The minimum atomic E-state index is 0.0225. The van der Waals surface area contributed by atoms with Crippen molar-refractivity contribution >= 4 is 27.3 Å². The van der Waals surface area contributed by atoms with Crippen LogP contribution in [0.25, 0.3) is 0 Å². The van der Waals surface area contributed by atoms with Crippen molar-refractivity contribution in [1.29, 1.82) is 0 Å². The van der Waals surface area contributed by atoms with Crippen molar-refractivity contribution in [3.8, 4) is 0 Å². The molecule has 0 radical (unpaired) electrons. The van der Waals surface area contributed by atoms with Crippen molar-refractivity contribution < 1.29 is 4.74 Å². The highest BCUT2D eigenvalue weighted by molar-refractivity contribution is 9.09. The van der Waals surface area contributed by atoms with Gasteiger partial charge in [-0.25, -0.2) is 0 Å². The van der Waals surface area contributed by atoms with Crippen LogP contribution >= 0.6 is 27.3 Å². The highest BCUT2D eigenvalue weighted by atomic mass is 79.9. The lowest BCUT2D eigenvalue weighted by molar-refractivity contribution is -0.0106. The molecule has 1 saturated heterocycles. The van der Waals surface area contributed by atoms with Crippen LogP contribution in [0.1, 0.15) is 30.7 Å². The summed E-state index contributed by atoms with van der Waals surface area (Å²) >= 11 is 5.17. The third kappa shape index (κ3) is 1.95. The van der Waals surface area contributed by atoms with Crippen LogP contribution in [-0.4, -0.2) is 15.9 Å². The lowest BCUT2D eigenvalue weighted by Crippen LogP contribution is -2.24. The van der Waals surface area contributed by atoms with E-state index in [1.807, 2.05) is 11.7 Å². The van der Waals surface area contributed by atoms with Crippen LogP contribution in [0.2, 0.25) is 0 Å². The zero-order valence-corrected chi connectivity index (χ0v) is 9.90. The quantitative estimate of drug-likeness (QED) is 0.764. The largest absolute Gasteiger partial charge is 0.366 e. The average molecular weight is 262 g/mol. The molecule has 1 aliphatic rings. The second-order valence-electron chi connectivity index (χ2n) is 3.63. The van der Waals surface area contributed by atoms with Gasteiger partial charge in [0.1, 0.15) is 0 Å².